The van der Waals surface area contributed by atoms with E-state index in [-0.39, 0.29) is 24.3 Å². The molecule has 2 heterocycles. The van der Waals surface area contributed by atoms with Crippen molar-refractivity contribution < 1.29 is 22.4 Å². The molecule has 165 valence electrons. The molecule has 1 aromatic carbocycles. The molecule has 1 radical (unpaired) electrons. The number of nitrogens with one attached hydrogen (secondary N) is 2. The predicted molar refractivity (Wildman–Crippen MR) is 111 cm³/mol. The smallest absolute Gasteiger partial charge is 0.255 e. The van der Waals surface area contributed by atoms with Gasteiger partial charge >= 0.3 is 0 Å². The van der Waals surface area contributed by atoms with E-state index in [4.69, 9.17) is 5.73 Å². The molecule has 3 rings (SSSR count). The fourth-order valence-electron chi connectivity index (χ4n) is 3.33. The number of amides is 2. The Morgan fingerprint density at radius 2 is 2.00 bits per heavy atom. The molecule has 10 nitrogen and oxygen atoms in total. The van der Waals surface area contributed by atoms with Crippen molar-refractivity contribution in [2.75, 3.05) is 24.7 Å². The maximum atomic E-state index is 14.5. The van der Waals surface area contributed by atoms with Crippen LogP contribution in [0.2, 0.25) is 0 Å². The third kappa shape index (κ3) is 5.75. The van der Waals surface area contributed by atoms with E-state index in [1.54, 1.807) is 12.1 Å². The van der Waals surface area contributed by atoms with Crippen molar-refractivity contribution in [1.29, 1.82) is 0 Å². The molecule has 31 heavy (non-hydrogen) atoms. The molecule has 0 spiro atoms. The van der Waals surface area contributed by atoms with Crippen LogP contribution in [0.25, 0.3) is 5.69 Å². The Labute approximate surface area is 177 Å². The monoisotopic (exact) mass is 450 g/mol. The lowest BCUT2D eigenvalue weighted by Crippen LogP contribution is -2.44. The number of likely N-dealkylation sites (tertiary alicyclic amines) is 1. The summed E-state index contributed by atoms with van der Waals surface area (Å²) >= 11 is 0. The van der Waals surface area contributed by atoms with E-state index in [2.05, 4.69) is 10.0 Å². The molecule has 2 atom stereocenters. The van der Waals surface area contributed by atoms with Crippen LogP contribution < -0.4 is 21.3 Å². The fraction of sp³-hybridized carbons (Fsp3) is 0.263. The summed E-state index contributed by atoms with van der Waals surface area (Å²) in [5.41, 5.74) is 5.19. The number of nitrogens with two attached hydrogens (primary N) is 1. The number of anilines is 1. The zero-order valence-electron chi connectivity index (χ0n) is 16.5. The van der Waals surface area contributed by atoms with Crippen LogP contribution in [0, 0.1) is 12.2 Å². The Morgan fingerprint density at radius 1 is 1.26 bits per heavy atom. The molecule has 2 aromatic rings. The van der Waals surface area contributed by atoms with Crippen LogP contribution in [-0.2, 0) is 19.6 Å². The average molecular weight is 450 g/mol. The first-order valence-electron chi connectivity index (χ1n) is 9.16. The molecular weight excluding hydrogens is 429 g/mol. The summed E-state index contributed by atoms with van der Waals surface area (Å²) in [6, 6.07) is 6.78. The van der Waals surface area contributed by atoms with E-state index >= 15 is 0 Å². The first kappa shape index (κ1) is 22.6. The van der Waals surface area contributed by atoms with E-state index in [0.717, 1.165) is 12.3 Å². The molecule has 1 saturated heterocycles. The number of carbonyl (C=O) groups excluding carboxylic acids is 2. The standard InChI is InChI=1S/C19H21FN5O5S/c1-31(29,30)23-12-8-16(19(21)28)24(10-12)11-17(26)22-15-6-5-13(9-14(15)20)25-7-3-2-4-18(25)27/h2-9,12,16,23H,10-11H2,1H3,(H2,21,28)(H,22,26)/t12-,16?/m0/s1. The normalized spacial score (nSPS) is 19.3. The summed E-state index contributed by atoms with van der Waals surface area (Å²) < 4.78 is 40.9. The minimum Gasteiger partial charge on any atom is -0.368 e. The highest BCUT2D eigenvalue weighted by molar-refractivity contribution is 7.88. The van der Waals surface area contributed by atoms with Crippen LogP contribution in [0.3, 0.4) is 0 Å². The zero-order valence-corrected chi connectivity index (χ0v) is 17.3. The van der Waals surface area contributed by atoms with E-state index in [1.807, 2.05) is 0 Å². The first-order valence-corrected chi connectivity index (χ1v) is 11.1. The zero-order chi connectivity index (χ0) is 22.8. The number of nitrogens with zero attached hydrogens (tertiary/aromatic N) is 2. The van der Waals surface area contributed by atoms with Crippen molar-refractivity contribution >= 4 is 27.5 Å². The quantitative estimate of drug-likeness (QED) is 0.504. The summed E-state index contributed by atoms with van der Waals surface area (Å²) in [7, 11) is -3.53. The van der Waals surface area contributed by atoms with Gasteiger partial charge in [0.05, 0.1) is 30.2 Å². The summed E-state index contributed by atoms with van der Waals surface area (Å²) in [5.74, 6) is -2.12. The van der Waals surface area contributed by atoms with Crippen molar-refractivity contribution in [3.8, 4) is 5.69 Å². The SMILES string of the molecule is CS(=O)(=O)N[C@H]1[CH]C(C(N)=O)N(CC(=O)Nc2ccc(-n3ccccc3=O)cc2F)C1. The minimum absolute atomic E-state index is 0.0481. The first-order chi connectivity index (χ1) is 14.5. The van der Waals surface area contributed by atoms with Crippen LogP contribution >= 0.6 is 0 Å². The average Bonchev–Trinajstić information content (AvgIpc) is 3.04. The highest BCUT2D eigenvalue weighted by Crippen LogP contribution is 2.20. The number of primary amides is 1. The summed E-state index contributed by atoms with van der Waals surface area (Å²) in [6.45, 7) is -0.266. The molecule has 1 aliphatic heterocycles. The van der Waals surface area contributed by atoms with Gasteiger partial charge in [0.1, 0.15) is 5.82 Å². The van der Waals surface area contributed by atoms with Crippen LogP contribution in [0.5, 0.6) is 0 Å². The highest BCUT2D eigenvalue weighted by atomic mass is 32.2. The lowest BCUT2D eigenvalue weighted by atomic mass is 10.2. The minimum atomic E-state index is -3.53. The third-order valence-electron chi connectivity index (χ3n) is 4.57. The van der Waals surface area contributed by atoms with Gasteiger partial charge in [0.25, 0.3) is 5.56 Å². The second-order valence-electron chi connectivity index (χ2n) is 7.09. The molecule has 0 aliphatic carbocycles. The van der Waals surface area contributed by atoms with Crippen LogP contribution in [0.1, 0.15) is 0 Å². The Hall–Kier alpha value is -3.09. The van der Waals surface area contributed by atoms with Gasteiger partial charge in [-0.15, -0.1) is 0 Å². The van der Waals surface area contributed by atoms with Crippen LogP contribution in [0.15, 0.2) is 47.4 Å². The molecule has 0 saturated carbocycles. The summed E-state index contributed by atoms with van der Waals surface area (Å²) in [5, 5.41) is 2.41. The molecule has 2 amide bonds. The molecule has 12 heteroatoms. The van der Waals surface area contributed by atoms with Gasteiger partial charge in [-0.1, -0.05) is 6.07 Å². The number of pyridine rings is 1. The topological polar surface area (TPSA) is 144 Å². The Bertz CT molecular complexity index is 1170. The molecular formula is C19H21FN5O5S. The largest absolute Gasteiger partial charge is 0.368 e. The number of carbonyl (C=O) groups is 2. The second kappa shape index (κ2) is 8.96. The van der Waals surface area contributed by atoms with Gasteiger partial charge in [0.15, 0.2) is 0 Å². The van der Waals surface area contributed by atoms with Gasteiger partial charge in [-0.3, -0.25) is 23.9 Å². The maximum Gasteiger partial charge on any atom is 0.255 e. The molecule has 1 aromatic heterocycles. The Kier molecular flexibility index (Phi) is 6.53. The fourth-order valence-corrected chi connectivity index (χ4v) is 4.03. The molecule has 0 bridgehead atoms. The lowest BCUT2D eigenvalue weighted by molar-refractivity contribution is -0.123. The van der Waals surface area contributed by atoms with Crippen LogP contribution in [-0.4, -0.2) is 61.1 Å². The molecule has 1 unspecified atom stereocenters. The van der Waals surface area contributed by atoms with E-state index in [9.17, 15) is 27.2 Å². The number of aromatic nitrogens is 1. The Balaban J connectivity index is 1.69. The van der Waals surface area contributed by atoms with Crippen LogP contribution in [0.4, 0.5) is 10.1 Å². The van der Waals surface area contributed by atoms with E-state index < -0.39 is 39.7 Å². The Morgan fingerprint density at radius 3 is 2.61 bits per heavy atom. The van der Waals surface area contributed by atoms with Crippen molar-refractivity contribution in [2.45, 2.75) is 12.1 Å². The van der Waals surface area contributed by atoms with Crippen molar-refractivity contribution in [2.24, 2.45) is 5.73 Å². The maximum absolute atomic E-state index is 14.5. The molecule has 1 aliphatic rings. The molecule has 1 fully saturated rings. The van der Waals surface area contributed by atoms with Crippen molar-refractivity contribution in [3.05, 3.63) is 65.2 Å². The van der Waals surface area contributed by atoms with E-state index in [0.29, 0.717) is 5.69 Å². The highest BCUT2D eigenvalue weighted by Gasteiger charge is 2.38. The second-order valence-corrected chi connectivity index (χ2v) is 8.87. The number of halogens is 1. The van der Waals surface area contributed by atoms with Crippen molar-refractivity contribution in [3.63, 3.8) is 0 Å². The number of benzene rings is 1. The predicted octanol–water partition coefficient (Wildman–Crippen LogP) is -0.793. The van der Waals surface area contributed by atoms with Gasteiger partial charge in [0.2, 0.25) is 21.8 Å². The number of sulfonamides is 1. The van der Waals surface area contributed by atoms with Gasteiger partial charge in [0, 0.05) is 37.3 Å². The van der Waals surface area contributed by atoms with E-state index in [1.165, 1.54) is 40.3 Å². The summed E-state index contributed by atoms with van der Waals surface area (Å²) in [4.78, 5) is 37.3. The third-order valence-corrected chi connectivity index (χ3v) is 5.30. The van der Waals surface area contributed by atoms with Gasteiger partial charge < -0.3 is 11.1 Å². The number of hydrogen-bond acceptors (Lipinski definition) is 6. The van der Waals surface area contributed by atoms with Gasteiger partial charge in [-0.2, -0.15) is 0 Å². The molecule has 4 N–H and O–H groups in total. The number of rotatable bonds is 7. The summed E-state index contributed by atoms with van der Waals surface area (Å²) in [6.07, 6.45) is 3.87. The van der Waals surface area contributed by atoms with Gasteiger partial charge in [-0.25, -0.2) is 17.5 Å². The lowest BCUT2D eigenvalue weighted by Gasteiger charge is -2.21. The van der Waals surface area contributed by atoms with Gasteiger partial charge in [-0.05, 0) is 18.2 Å². The number of hydrogen-bond donors (Lipinski definition) is 3. The van der Waals surface area contributed by atoms with Crippen molar-refractivity contribution in [1.82, 2.24) is 14.2 Å².